The Kier molecular flexibility index (Phi) is 11.7. The second-order valence-electron chi connectivity index (χ2n) is 10.1. The number of carboxylic acids is 1. The number of carbonyl (C=O) groups excluding carboxylic acids is 5. The zero-order chi connectivity index (χ0) is 30.9. The van der Waals surface area contributed by atoms with Crippen LogP contribution in [0.15, 0.2) is 24.3 Å². The van der Waals surface area contributed by atoms with Gasteiger partial charge in [-0.25, -0.2) is 0 Å². The van der Waals surface area contributed by atoms with Gasteiger partial charge < -0.3 is 31.3 Å². The number of hydrogen-bond donors (Lipinski definition) is 5. The van der Waals surface area contributed by atoms with Crippen molar-refractivity contribution >= 4 is 46.9 Å². The van der Waals surface area contributed by atoms with Gasteiger partial charge in [-0.3, -0.25) is 38.9 Å². The van der Waals surface area contributed by atoms with Gasteiger partial charge in [-0.2, -0.15) is 0 Å². The molecule has 1 fully saturated rings. The molecule has 15 heteroatoms. The summed E-state index contributed by atoms with van der Waals surface area (Å²) < 4.78 is 0. The standard InChI is InChI=1S/C26H36N6O9/c1-14(2)22(25(38)29-17-7-9-18(10-8-17)32(40)41)30-24(37)19-6-5-13-31(19)26(39)16(4)28-23(36)15(3)27-20(33)11-12-21(34)35/h7-10,14-16,19,22H,5-6,11-13H2,1-4H3,(H,27,33)(H,28,36)(H,29,38)(H,30,37)(H,34,35)/t15-,16-,19-,22-/m0/s1. The Morgan fingerprint density at radius 2 is 1.59 bits per heavy atom. The highest BCUT2D eigenvalue weighted by molar-refractivity contribution is 5.99. The second-order valence-corrected chi connectivity index (χ2v) is 10.1. The highest BCUT2D eigenvalue weighted by Gasteiger charge is 2.38. The van der Waals surface area contributed by atoms with Crippen molar-refractivity contribution in [3.63, 3.8) is 0 Å². The van der Waals surface area contributed by atoms with Crippen LogP contribution in [0.25, 0.3) is 0 Å². The lowest BCUT2D eigenvalue weighted by atomic mass is 10.0. The number of carboxylic acid groups (broad SMARTS) is 1. The minimum Gasteiger partial charge on any atom is -0.481 e. The molecular formula is C26H36N6O9. The van der Waals surface area contributed by atoms with Crippen molar-refractivity contribution < 1.29 is 38.8 Å². The molecule has 0 unspecified atom stereocenters. The number of carbonyl (C=O) groups is 6. The predicted molar refractivity (Wildman–Crippen MR) is 145 cm³/mol. The fourth-order valence-corrected chi connectivity index (χ4v) is 4.22. The van der Waals surface area contributed by atoms with Crippen molar-refractivity contribution in [2.45, 2.75) is 77.5 Å². The number of non-ortho nitro benzene ring substituents is 1. The van der Waals surface area contributed by atoms with Gasteiger partial charge in [0.15, 0.2) is 0 Å². The summed E-state index contributed by atoms with van der Waals surface area (Å²) >= 11 is 0. The lowest BCUT2D eigenvalue weighted by Crippen LogP contribution is -2.57. The van der Waals surface area contributed by atoms with Gasteiger partial charge in [0.1, 0.15) is 24.2 Å². The lowest BCUT2D eigenvalue weighted by molar-refractivity contribution is -0.384. The molecule has 0 aromatic heterocycles. The fourth-order valence-electron chi connectivity index (χ4n) is 4.22. The van der Waals surface area contributed by atoms with Gasteiger partial charge in [0.05, 0.1) is 11.3 Å². The lowest BCUT2D eigenvalue weighted by Gasteiger charge is -2.30. The first-order valence-electron chi connectivity index (χ1n) is 13.2. The fraction of sp³-hybridized carbons (Fsp3) is 0.538. The van der Waals surface area contributed by atoms with Crippen LogP contribution in [-0.4, -0.2) is 81.1 Å². The monoisotopic (exact) mass is 576 g/mol. The molecule has 0 spiro atoms. The van der Waals surface area contributed by atoms with E-state index in [1.807, 2.05) is 0 Å². The number of aliphatic carboxylic acids is 1. The van der Waals surface area contributed by atoms with Crippen molar-refractivity contribution in [1.29, 1.82) is 0 Å². The minimum atomic E-state index is -1.15. The Morgan fingerprint density at radius 1 is 0.951 bits per heavy atom. The van der Waals surface area contributed by atoms with Gasteiger partial charge in [0.25, 0.3) is 5.69 Å². The van der Waals surface area contributed by atoms with Gasteiger partial charge in [0.2, 0.25) is 29.5 Å². The summed E-state index contributed by atoms with van der Waals surface area (Å²) in [7, 11) is 0. The third-order valence-corrected chi connectivity index (χ3v) is 6.50. The van der Waals surface area contributed by atoms with Gasteiger partial charge in [0, 0.05) is 30.8 Å². The predicted octanol–water partition coefficient (Wildman–Crippen LogP) is 0.539. The van der Waals surface area contributed by atoms with Gasteiger partial charge in [-0.1, -0.05) is 13.8 Å². The summed E-state index contributed by atoms with van der Waals surface area (Å²) in [4.78, 5) is 85.8. The van der Waals surface area contributed by atoms with Crippen LogP contribution in [0.5, 0.6) is 0 Å². The van der Waals surface area contributed by atoms with Crippen LogP contribution in [0.3, 0.4) is 0 Å². The molecule has 1 aliphatic heterocycles. The van der Waals surface area contributed by atoms with Crippen LogP contribution in [0.4, 0.5) is 11.4 Å². The van der Waals surface area contributed by atoms with Gasteiger partial charge in [-0.15, -0.1) is 0 Å². The SMILES string of the molecule is CC(C)[C@H](NC(=O)[C@@H]1CCCN1C(=O)[C@H](C)NC(=O)[C@H](C)NC(=O)CCC(=O)O)C(=O)Nc1ccc([N+](=O)[O-])cc1. The van der Waals surface area contributed by atoms with Gasteiger partial charge >= 0.3 is 5.97 Å². The smallest absolute Gasteiger partial charge is 0.303 e. The average Bonchev–Trinajstić information content (AvgIpc) is 3.40. The number of hydrogen-bond acceptors (Lipinski definition) is 8. The van der Waals surface area contributed by atoms with E-state index in [0.717, 1.165) is 0 Å². The molecular weight excluding hydrogens is 540 g/mol. The first-order valence-corrected chi connectivity index (χ1v) is 13.2. The Hall–Kier alpha value is -4.56. The number of nitro groups is 1. The van der Waals surface area contributed by atoms with E-state index < -0.39 is 64.6 Å². The number of amides is 5. The molecule has 15 nitrogen and oxygen atoms in total. The van der Waals surface area contributed by atoms with Crippen LogP contribution in [0, 0.1) is 16.0 Å². The molecule has 1 heterocycles. The van der Waals surface area contributed by atoms with E-state index in [1.54, 1.807) is 13.8 Å². The molecule has 4 atom stereocenters. The quantitative estimate of drug-likeness (QED) is 0.163. The Bertz CT molecular complexity index is 1170. The number of anilines is 1. The number of nitrogens with one attached hydrogen (secondary N) is 4. The van der Waals surface area contributed by atoms with Crippen LogP contribution < -0.4 is 21.3 Å². The highest BCUT2D eigenvalue weighted by atomic mass is 16.6. The van der Waals surface area contributed by atoms with Crippen molar-refractivity contribution in [1.82, 2.24) is 20.9 Å². The number of likely N-dealkylation sites (tertiary alicyclic amines) is 1. The van der Waals surface area contributed by atoms with E-state index in [9.17, 15) is 38.9 Å². The van der Waals surface area contributed by atoms with Crippen molar-refractivity contribution in [3.05, 3.63) is 34.4 Å². The van der Waals surface area contributed by atoms with Crippen LogP contribution in [0.1, 0.15) is 53.4 Å². The van der Waals surface area contributed by atoms with Gasteiger partial charge in [-0.05, 0) is 44.7 Å². The van der Waals surface area contributed by atoms with Crippen molar-refractivity contribution in [2.24, 2.45) is 5.92 Å². The molecule has 0 bridgehead atoms. The third-order valence-electron chi connectivity index (χ3n) is 6.50. The average molecular weight is 577 g/mol. The zero-order valence-corrected chi connectivity index (χ0v) is 23.3. The zero-order valence-electron chi connectivity index (χ0n) is 23.3. The number of nitro benzene ring substituents is 1. The summed E-state index contributed by atoms with van der Waals surface area (Å²) in [5.74, 6) is -4.33. The number of rotatable bonds is 13. The second kappa shape index (κ2) is 14.7. The number of nitrogens with zero attached hydrogens (tertiary/aromatic N) is 2. The molecule has 0 radical (unpaired) electrons. The normalized spacial score (nSPS) is 16.7. The molecule has 5 N–H and O–H groups in total. The topological polar surface area (TPSA) is 217 Å². The Labute approximate surface area is 236 Å². The molecule has 2 rings (SSSR count). The molecule has 1 aromatic rings. The van der Waals surface area contributed by atoms with E-state index in [2.05, 4.69) is 21.3 Å². The maximum Gasteiger partial charge on any atom is 0.303 e. The Morgan fingerprint density at radius 3 is 2.15 bits per heavy atom. The van der Waals surface area contributed by atoms with Crippen molar-refractivity contribution in [3.8, 4) is 0 Å². The molecule has 1 saturated heterocycles. The summed E-state index contributed by atoms with van der Waals surface area (Å²) in [6, 6.07) is 1.37. The van der Waals surface area contributed by atoms with Crippen LogP contribution in [-0.2, 0) is 28.8 Å². The molecule has 1 aromatic carbocycles. The summed E-state index contributed by atoms with van der Waals surface area (Å²) in [6.07, 6.45) is 0.198. The summed E-state index contributed by atoms with van der Waals surface area (Å²) in [6.45, 7) is 6.57. The molecule has 0 aliphatic carbocycles. The Balaban J connectivity index is 1.99. The highest BCUT2D eigenvalue weighted by Crippen LogP contribution is 2.20. The van der Waals surface area contributed by atoms with E-state index in [1.165, 1.54) is 43.0 Å². The largest absolute Gasteiger partial charge is 0.481 e. The van der Waals surface area contributed by atoms with E-state index in [4.69, 9.17) is 5.11 Å². The van der Waals surface area contributed by atoms with E-state index >= 15 is 0 Å². The maximum absolute atomic E-state index is 13.2. The van der Waals surface area contributed by atoms with Crippen LogP contribution in [0.2, 0.25) is 0 Å². The molecule has 41 heavy (non-hydrogen) atoms. The van der Waals surface area contributed by atoms with E-state index in [0.29, 0.717) is 18.5 Å². The number of benzene rings is 1. The molecule has 224 valence electrons. The molecule has 0 saturated carbocycles. The third kappa shape index (κ3) is 9.54. The summed E-state index contributed by atoms with van der Waals surface area (Å²) in [5.41, 5.74) is 0.179. The van der Waals surface area contributed by atoms with Crippen molar-refractivity contribution in [2.75, 3.05) is 11.9 Å². The van der Waals surface area contributed by atoms with Crippen LogP contribution >= 0.6 is 0 Å². The first kappa shape index (κ1) is 32.7. The van der Waals surface area contributed by atoms with E-state index in [-0.39, 0.29) is 31.0 Å². The molecule has 1 aliphatic rings. The first-order chi connectivity index (χ1) is 19.2. The maximum atomic E-state index is 13.2. The molecule has 5 amide bonds. The minimum absolute atomic E-state index is 0.136. The summed E-state index contributed by atoms with van der Waals surface area (Å²) in [5, 5.41) is 29.7.